The number of carbonyl (C=O) groups is 1. The molecule has 2 N–H and O–H groups in total. The van der Waals surface area contributed by atoms with Crippen LogP contribution in [0.2, 0.25) is 0 Å². The smallest absolute Gasteiger partial charge is 0.330 e. The van der Waals surface area contributed by atoms with Gasteiger partial charge in [-0.3, -0.25) is 19.1 Å². The molecule has 0 aliphatic carbocycles. The van der Waals surface area contributed by atoms with Gasteiger partial charge in [0, 0.05) is 44.4 Å². The molecule has 13 nitrogen and oxygen atoms in total. The number of amides is 1. The number of nitriles is 1. The van der Waals surface area contributed by atoms with Crippen molar-refractivity contribution in [3.05, 3.63) is 45.0 Å². The number of hydrogen-bond acceptors (Lipinski definition) is 10. The normalized spacial score (nSPS) is 22.1. The number of nitrogens with zero attached hydrogens (tertiary/aromatic N) is 3. The number of ether oxygens (including phenoxy) is 2. The SMILES string of the molecule is CC(=O)NCCCO[C@@H]1[C@H](OP(OCCC#N)N(C(C)C)C(C)C)[C@@H](/C=C/P(C)(C)=O)O[C@H]1n1ccc(=O)[nH]c1=O. The largest absolute Gasteiger partial charge is 0.371 e. The van der Waals surface area contributed by atoms with Crippen LogP contribution >= 0.6 is 15.7 Å². The maximum Gasteiger partial charge on any atom is 0.330 e. The summed E-state index contributed by atoms with van der Waals surface area (Å²) in [6.45, 7) is 13.4. The number of H-pyrrole nitrogens is 1. The Morgan fingerprint density at radius 3 is 2.51 bits per heavy atom. The van der Waals surface area contributed by atoms with Crippen molar-refractivity contribution in [2.45, 2.75) is 84.1 Å². The van der Waals surface area contributed by atoms with E-state index in [9.17, 15) is 18.9 Å². The molecule has 0 spiro atoms. The van der Waals surface area contributed by atoms with E-state index in [0.29, 0.717) is 13.0 Å². The summed E-state index contributed by atoms with van der Waals surface area (Å²) in [4.78, 5) is 38.1. The fourth-order valence-corrected chi connectivity index (χ4v) is 6.55. The zero-order chi connectivity index (χ0) is 30.7. The van der Waals surface area contributed by atoms with Gasteiger partial charge in [-0.15, -0.1) is 0 Å². The van der Waals surface area contributed by atoms with Crippen LogP contribution in [0.5, 0.6) is 0 Å². The standard InChI is InChI=1S/C26H43N5O8P2/c1-18(2)31(19(3)4)40(37-16-8-12-27)39-23-21(11-17-41(6,7)35)38-25(30-14-10-22(33)29-26(30)34)24(23)36-15-9-13-28-20(5)32/h10-11,14,17-19,21,23-25H,8-9,13,15-16H2,1-7H3,(H,28,32)(H,29,33,34)/b17-11+/t21-,23-,24-,25-,40?/m1/s1. The average Bonchev–Trinajstić information content (AvgIpc) is 3.18. The van der Waals surface area contributed by atoms with Gasteiger partial charge in [0.25, 0.3) is 14.1 Å². The average molecular weight is 616 g/mol. The summed E-state index contributed by atoms with van der Waals surface area (Å²) in [5, 5.41) is 11.8. The van der Waals surface area contributed by atoms with Gasteiger partial charge in [0.1, 0.15) is 25.5 Å². The molecule has 1 saturated heterocycles. The summed E-state index contributed by atoms with van der Waals surface area (Å²) in [7, 11) is -4.34. The summed E-state index contributed by atoms with van der Waals surface area (Å²) in [5.41, 5.74) is -1.24. The van der Waals surface area contributed by atoms with Crippen LogP contribution in [0.25, 0.3) is 0 Å². The van der Waals surface area contributed by atoms with Crippen LogP contribution < -0.4 is 16.6 Å². The van der Waals surface area contributed by atoms with Crippen molar-refractivity contribution in [2.75, 3.05) is 33.1 Å². The molecule has 1 amide bonds. The highest BCUT2D eigenvalue weighted by molar-refractivity contribution is 7.65. The number of carbonyl (C=O) groups excluding carboxylic acids is 1. The quantitative estimate of drug-likeness (QED) is 0.208. The van der Waals surface area contributed by atoms with Crippen LogP contribution in [0.1, 0.15) is 53.7 Å². The third kappa shape index (κ3) is 11.2. The van der Waals surface area contributed by atoms with Gasteiger partial charge >= 0.3 is 5.69 Å². The van der Waals surface area contributed by atoms with Crippen molar-refractivity contribution in [3.8, 4) is 6.07 Å². The molecule has 15 heteroatoms. The van der Waals surface area contributed by atoms with E-state index in [0.717, 1.165) is 0 Å². The Hall–Kier alpha value is -2.16. The lowest BCUT2D eigenvalue weighted by Crippen LogP contribution is -2.41. The molecule has 1 aromatic rings. The lowest BCUT2D eigenvalue weighted by Gasteiger charge is -2.38. The zero-order valence-electron chi connectivity index (χ0n) is 24.8. The second-order valence-electron chi connectivity index (χ2n) is 10.6. The lowest BCUT2D eigenvalue weighted by molar-refractivity contribution is -0.119. The summed E-state index contributed by atoms with van der Waals surface area (Å²) in [6.07, 6.45) is 0.146. The maximum atomic E-state index is 12.8. The highest BCUT2D eigenvalue weighted by Crippen LogP contribution is 2.51. The predicted octanol–water partition coefficient (Wildman–Crippen LogP) is 3.14. The van der Waals surface area contributed by atoms with Crippen molar-refractivity contribution in [2.24, 2.45) is 0 Å². The number of aromatic nitrogens is 2. The molecule has 0 bridgehead atoms. The van der Waals surface area contributed by atoms with Gasteiger partial charge in [0.15, 0.2) is 6.23 Å². The Bertz CT molecular complexity index is 1210. The minimum Gasteiger partial charge on any atom is -0.371 e. The van der Waals surface area contributed by atoms with E-state index < -0.39 is 51.5 Å². The first-order valence-corrected chi connectivity index (χ1v) is 17.4. The molecular formula is C26H43N5O8P2. The molecule has 0 aromatic carbocycles. The number of nitrogens with one attached hydrogen (secondary N) is 2. The van der Waals surface area contributed by atoms with Gasteiger partial charge < -0.3 is 28.4 Å². The Kier molecular flexibility index (Phi) is 14.1. The summed E-state index contributed by atoms with van der Waals surface area (Å²) >= 11 is 0. The summed E-state index contributed by atoms with van der Waals surface area (Å²) in [6, 6.07) is 3.34. The van der Waals surface area contributed by atoms with Crippen LogP contribution in [0.3, 0.4) is 0 Å². The molecule has 41 heavy (non-hydrogen) atoms. The van der Waals surface area contributed by atoms with Crippen molar-refractivity contribution in [1.29, 1.82) is 5.26 Å². The molecular weight excluding hydrogens is 572 g/mol. The fraction of sp³-hybridized carbons (Fsp3) is 0.692. The maximum absolute atomic E-state index is 12.8. The van der Waals surface area contributed by atoms with Crippen molar-refractivity contribution in [1.82, 2.24) is 19.5 Å². The first kappa shape index (κ1) is 35.0. The zero-order valence-corrected chi connectivity index (χ0v) is 26.6. The van der Waals surface area contributed by atoms with Gasteiger partial charge in [-0.25, -0.2) is 9.46 Å². The Labute approximate surface area is 242 Å². The van der Waals surface area contributed by atoms with E-state index in [1.807, 2.05) is 27.7 Å². The minimum absolute atomic E-state index is 0.0284. The molecule has 0 saturated carbocycles. The summed E-state index contributed by atoms with van der Waals surface area (Å²) < 4.78 is 41.2. The van der Waals surface area contributed by atoms with Gasteiger partial charge in [0.2, 0.25) is 5.91 Å². The van der Waals surface area contributed by atoms with Gasteiger partial charge in [-0.1, -0.05) is 0 Å². The molecule has 2 heterocycles. The first-order valence-electron chi connectivity index (χ1n) is 13.6. The van der Waals surface area contributed by atoms with Gasteiger partial charge in [-0.2, -0.15) is 5.26 Å². The Balaban J connectivity index is 2.55. The molecule has 1 aliphatic rings. The Morgan fingerprint density at radius 2 is 1.95 bits per heavy atom. The van der Waals surface area contributed by atoms with Gasteiger partial charge in [0.05, 0.1) is 19.1 Å². The lowest BCUT2D eigenvalue weighted by atomic mass is 10.1. The van der Waals surface area contributed by atoms with E-state index in [4.69, 9.17) is 23.8 Å². The number of hydrogen-bond donors (Lipinski definition) is 2. The number of aromatic amines is 1. The minimum atomic E-state index is -2.60. The highest BCUT2D eigenvalue weighted by atomic mass is 31.2. The van der Waals surface area contributed by atoms with E-state index in [2.05, 4.69) is 21.0 Å². The molecule has 5 atom stereocenters. The first-order chi connectivity index (χ1) is 19.2. The monoisotopic (exact) mass is 615 g/mol. The molecule has 1 unspecified atom stereocenters. The van der Waals surface area contributed by atoms with Crippen molar-refractivity contribution >= 4 is 21.6 Å². The van der Waals surface area contributed by atoms with Crippen molar-refractivity contribution in [3.63, 3.8) is 0 Å². The van der Waals surface area contributed by atoms with E-state index in [1.54, 1.807) is 25.2 Å². The second kappa shape index (κ2) is 16.5. The topological polar surface area (TPSA) is 165 Å². The molecule has 1 fully saturated rings. The van der Waals surface area contributed by atoms with Crippen LogP contribution in [-0.2, 0) is 27.9 Å². The van der Waals surface area contributed by atoms with E-state index >= 15 is 0 Å². The summed E-state index contributed by atoms with van der Waals surface area (Å²) in [5.74, 6) is 1.41. The number of rotatable bonds is 16. The van der Waals surface area contributed by atoms with Crippen LogP contribution in [0.15, 0.2) is 33.7 Å². The third-order valence-electron chi connectivity index (χ3n) is 5.86. The molecule has 1 aromatic heterocycles. The van der Waals surface area contributed by atoms with E-state index in [1.165, 1.54) is 23.8 Å². The van der Waals surface area contributed by atoms with E-state index in [-0.39, 0.29) is 37.6 Å². The molecule has 0 radical (unpaired) electrons. The van der Waals surface area contributed by atoms with Crippen LogP contribution in [0, 0.1) is 11.3 Å². The fourth-order valence-electron chi connectivity index (χ4n) is 4.22. The third-order valence-corrected chi connectivity index (χ3v) is 8.88. The molecule has 230 valence electrons. The molecule has 2 rings (SSSR count). The molecule has 1 aliphatic heterocycles. The van der Waals surface area contributed by atoms with Gasteiger partial charge in [-0.05, 0) is 59.3 Å². The second-order valence-corrected chi connectivity index (χ2v) is 15.1. The van der Waals surface area contributed by atoms with Crippen LogP contribution in [0.4, 0.5) is 0 Å². The van der Waals surface area contributed by atoms with Crippen molar-refractivity contribution < 1.29 is 27.9 Å². The van der Waals surface area contributed by atoms with Crippen LogP contribution in [-0.4, -0.2) is 83.6 Å². The predicted molar refractivity (Wildman–Crippen MR) is 157 cm³/mol. The highest BCUT2D eigenvalue weighted by Gasteiger charge is 2.49. The Morgan fingerprint density at radius 1 is 1.27 bits per heavy atom.